The summed E-state index contributed by atoms with van der Waals surface area (Å²) in [4.78, 5) is 19.1. The van der Waals surface area contributed by atoms with Crippen molar-refractivity contribution in [2.75, 3.05) is 38.7 Å². The number of nitrogens with two attached hydrogens (primary N) is 1. The molecule has 12 heteroatoms. The topological polar surface area (TPSA) is 110 Å². The first kappa shape index (κ1) is 28.5. The van der Waals surface area contributed by atoms with Crippen molar-refractivity contribution in [3.8, 4) is 5.75 Å². The number of aliphatic imine (C=N–C) groups is 1. The van der Waals surface area contributed by atoms with Gasteiger partial charge in [0.05, 0.1) is 19.0 Å². The molecule has 2 unspecified atom stereocenters. The summed E-state index contributed by atoms with van der Waals surface area (Å²) < 4.78 is 52.6. The molecule has 37 heavy (non-hydrogen) atoms. The molecule has 0 aliphatic carbocycles. The van der Waals surface area contributed by atoms with E-state index in [9.17, 15) is 18.0 Å². The van der Waals surface area contributed by atoms with Gasteiger partial charge in [0.2, 0.25) is 0 Å². The van der Waals surface area contributed by atoms with Crippen molar-refractivity contribution in [3.05, 3.63) is 47.8 Å². The maximum absolute atomic E-state index is 13.3. The van der Waals surface area contributed by atoms with Crippen LogP contribution in [-0.4, -0.2) is 75.1 Å². The molecule has 0 radical (unpaired) electrons. The number of carbonyl (C=O) groups is 1. The normalized spacial score (nSPS) is 22.0. The molecule has 2 aliphatic heterocycles. The number of likely N-dealkylation sites (tertiary alicyclic amines) is 1. The molecule has 2 atom stereocenters. The van der Waals surface area contributed by atoms with Gasteiger partial charge >= 0.3 is 6.36 Å². The number of piperidine rings is 1. The Bertz CT molecular complexity index is 1010. The number of benzene rings is 1. The quantitative estimate of drug-likeness (QED) is 0.197. The van der Waals surface area contributed by atoms with Crippen LogP contribution >= 0.6 is 0 Å². The molecule has 1 aromatic carbocycles. The lowest BCUT2D eigenvalue weighted by Crippen LogP contribution is -2.54. The Hall–Kier alpha value is -3.09. The van der Waals surface area contributed by atoms with Crippen molar-refractivity contribution in [2.24, 2.45) is 10.7 Å². The molecule has 2 saturated heterocycles. The van der Waals surface area contributed by atoms with Crippen LogP contribution in [-0.2, 0) is 14.3 Å². The molecule has 0 bridgehead atoms. The number of nitrogens with zero attached hydrogens (tertiary/aromatic N) is 2. The lowest BCUT2D eigenvalue weighted by Gasteiger charge is -2.38. The first-order chi connectivity index (χ1) is 17.6. The summed E-state index contributed by atoms with van der Waals surface area (Å²) in [5.74, 6) is -0.673. The summed E-state index contributed by atoms with van der Waals surface area (Å²) >= 11 is 0. The first-order valence-corrected chi connectivity index (χ1v) is 12.0. The van der Waals surface area contributed by atoms with Gasteiger partial charge in [-0.25, -0.2) is 4.99 Å². The van der Waals surface area contributed by atoms with Gasteiger partial charge < -0.3 is 35.5 Å². The third-order valence-electron chi connectivity index (χ3n) is 6.42. The number of hydrogen-bond donors (Lipinski definition) is 3. The van der Waals surface area contributed by atoms with Gasteiger partial charge in [-0.05, 0) is 38.3 Å². The maximum Gasteiger partial charge on any atom is 0.573 e. The molecule has 3 rings (SSSR count). The fourth-order valence-electron chi connectivity index (χ4n) is 4.41. The van der Waals surface area contributed by atoms with Gasteiger partial charge in [0.25, 0.3) is 5.91 Å². The molecule has 4 N–H and O–H groups in total. The first-order valence-electron chi connectivity index (χ1n) is 12.0. The lowest BCUT2D eigenvalue weighted by molar-refractivity contribution is -0.274. The van der Waals surface area contributed by atoms with Crippen LogP contribution in [0.5, 0.6) is 5.75 Å². The number of ether oxygens (including phenoxy) is 3. The Labute approximate surface area is 214 Å². The fraction of sp³-hybridized carbons (Fsp3) is 0.520. The number of rotatable bonds is 9. The number of anilines is 1. The smallest absolute Gasteiger partial charge is 0.406 e. The maximum atomic E-state index is 13.3. The Morgan fingerprint density at radius 3 is 2.68 bits per heavy atom. The zero-order valence-corrected chi connectivity index (χ0v) is 21.0. The summed E-state index contributed by atoms with van der Waals surface area (Å²) in [7, 11) is 1.68. The number of amides is 1. The van der Waals surface area contributed by atoms with Gasteiger partial charge in [-0.15, -0.1) is 13.2 Å². The molecular weight excluding hydrogens is 491 g/mol. The molecular formula is C25H34F3N5O4. The Morgan fingerprint density at radius 2 is 2.03 bits per heavy atom. The number of alkyl halides is 3. The highest BCUT2D eigenvalue weighted by molar-refractivity contribution is 5.96. The van der Waals surface area contributed by atoms with E-state index in [1.807, 2.05) is 0 Å². The molecule has 1 aromatic rings. The number of nitrogens with one attached hydrogen (secondary N) is 2. The van der Waals surface area contributed by atoms with E-state index in [1.54, 1.807) is 25.0 Å². The van der Waals surface area contributed by atoms with E-state index in [0.29, 0.717) is 43.3 Å². The predicted octanol–water partition coefficient (Wildman–Crippen LogP) is 3.16. The number of methoxy groups -OCH3 is 1. The van der Waals surface area contributed by atoms with Crippen molar-refractivity contribution >= 4 is 17.9 Å². The molecule has 2 heterocycles. The van der Waals surface area contributed by atoms with E-state index in [2.05, 4.69) is 26.9 Å². The van der Waals surface area contributed by atoms with Crippen molar-refractivity contribution < 1.29 is 32.2 Å². The van der Waals surface area contributed by atoms with Gasteiger partial charge in [-0.2, -0.15) is 0 Å². The second kappa shape index (κ2) is 12.9. The van der Waals surface area contributed by atoms with Crippen molar-refractivity contribution in [2.45, 2.75) is 50.7 Å². The minimum atomic E-state index is -4.81. The SMILES string of the molecule is C=C(Nc1cccc(OC(F)(F)F)c1)/C(C)=C(\N=CN)C(=O)N1CCC(NC2CCOCC2OC)CC1. The van der Waals surface area contributed by atoms with Crippen LogP contribution in [0.1, 0.15) is 26.2 Å². The molecule has 0 aromatic heterocycles. The molecule has 204 valence electrons. The minimum Gasteiger partial charge on any atom is -0.406 e. The van der Waals surface area contributed by atoms with Gasteiger partial charge in [-0.3, -0.25) is 4.79 Å². The number of carbonyl (C=O) groups excluding carboxylic acids is 1. The second-order valence-electron chi connectivity index (χ2n) is 8.91. The molecule has 9 nitrogen and oxygen atoms in total. The summed E-state index contributed by atoms with van der Waals surface area (Å²) in [5, 5.41) is 6.56. The van der Waals surface area contributed by atoms with Crippen LogP contribution in [0.3, 0.4) is 0 Å². The van der Waals surface area contributed by atoms with Gasteiger partial charge in [0.15, 0.2) is 0 Å². The summed E-state index contributed by atoms with van der Waals surface area (Å²) in [5.41, 5.74) is 6.64. The summed E-state index contributed by atoms with van der Waals surface area (Å²) in [6.07, 6.45) is -1.36. The third kappa shape index (κ3) is 8.20. The average molecular weight is 526 g/mol. The fourth-order valence-corrected chi connectivity index (χ4v) is 4.41. The Morgan fingerprint density at radius 1 is 1.30 bits per heavy atom. The molecule has 0 spiro atoms. The minimum absolute atomic E-state index is 0.00344. The molecule has 1 amide bonds. The largest absolute Gasteiger partial charge is 0.573 e. The number of allylic oxidation sites excluding steroid dienone is 1. The Balaban J connectivity index is 1.63. The van der Waals surface area contributed by atoms with Crippen LogP contribution in [0.25, 0.3) is 0 Å². The number of halogens is 3. The zero-order chi connectivity index (χ0) is 27.0. The van der Waals surface area contributed by atoms with E-state index < -0.39 is 6.36 Å². The monoisotopic (exact) mass is 525 g/mol. The van der Waals surface area contributed by atoms with Gasteiger partial charge in [0.1, 0.15) is 11.4 Å². The van der Waals surface area contributed by atoms with Crippen LogP contribution < -0.4 is 21.1 Å². The Kier molecular flexibility index (Phi) is 9.95. The summed E-state index contributed by atoms with van der Waals surface area (Å²) in [6, 6.07) is 5.80. The standard InChI is InChI=1S/C25H34F3N5O4/c1-16(17(2)31-19-5-4-6-20(13-19)37-25(26,27)28)23(30-15-29)24(34)33-10-7-18(8-11-33)32-21-9-12-36-14-22(21)35-3/h4-6,13,15,18,21-22,31-32H,2,7-12,14H2,1,3H3,(H2,29,30)/b23-16-. The van der Waals surface area contributed by atoms with E-state index in [1.165, 1.54) is 18.2 Å². The van der Waals surface area contributed by atoms with Crippen LogP contribution in [0, 0.1) is 0 Å². The lowest BCUT2D eigenvalue weighted by atomic mass is 9.99. The summed E-state index contributed by atoms with van der Waals surface area (Å²) in [6.45, 7) is 7.90. The average Bonchev–Trinajstić information content (AvgIpc) is 2.86. The van der Waals surface area contributed by atoms with E-state index >= 15 is 0 Å². The zero-order valence-electron chi connectivity index (χ0n) is 21.0. The van der Waals surface area contributed by atoms with Gasteiger partial charge in [0, 0.05) is 61.9 Å². The molecule has 2 fully saturated rings. The van der Waals surface area contributed by atoms with E-state index in [4.69, 9.17) is 15.2 Å². The van der Waals surface area contributed by atoms with Crippen LogP contribution in [0.2, 0.25) is 0 Å². The van der Waals surface area contributed by atoms with E-state index in [-0.39, 0.29) is 35.5 Å². The molecule has 0 saturated carbocycles. The van der Waals surface area contributed by atoms with E-state index in [0.717, 1.165) is 25.6 Å². The highest BCUT2D eigenvalue weighted by atomic mass is 19.4. The van der Waals surface area contributed by atoms with Gasteiger partial charge in [-0.1, -0.05) is 12.6 Å². The second-order valence-corrected chi connectivity index (χ2v) is 8.91. The highest BCUT2D eigenvalue weighted by Crippen LogP contribution is 2.27. The van der Waals surface area contributed by atoms with Crippen LogP contribution in [0.15, 0.2) is 52.8 Å². The van der Waals surface area contributed by atoms with Crippen molar-refractivity contribution in [1.82, 2.24) is 10.2 Å². The van der Waals surface area contributed by atoms with Crippen molar-refractivity contribution in [3.63, 3.8) is 0 Å². The van der Waals surface area contributed by atoms with Crippen LogP contribution in [0.4, 0.5) is 18.9 Å². The molecule has 2 aliphatic rings. The van der Waals surface area contributed by atoms with Crippen molar-refractivity contribution in [1.29, 1.82) is 0 Å². The number of hydrogen-bond acceptors (Lipinski definition) is 7. The predicted molar refractivity (Wildman–Crippen MR) is 134 cm³/mol. The third-order valence-corrected chi connectivity index (χ3v) is 6.42. The highest BCUT2D eigenvalue weighted by Gasteiger charge is 2.32.